The predicted octanol–water partition coefficient (Wildman–Crippen LogP) is 5.76. The van der Waals surface area contributed by atoms with E-state index in [1.807, 2.05) is 0 Å². The molecule has 0 saturated heterocycles. The van der Waals surface area contributed by atoms with Crippen LogP contribution in [0.25, 0.3) is 0 Å². The fraction of sp³-hybridized carbons (Fsp3) is 0.812. The molecule has 0 aromatic rings. The van der Waals surface area contributed by atoms with Crippen LogP contribution in [0.3, 0.4) is 0 Å². The quantitative estimate of drug-likeness (QED) is 0.428. The van der Waals surface area contributed by atoms with Crippen LogP contribution in [0.2, 0.25) is 0 Å². The van der Waals surface area contributed by atoms with Gasteiger partial charge in [0, 0.05) is 12.4 Å². The summed E-state index contributed by atoms with van der Waals surface area (Å²) in [6.07, 6.45) is 14.3. The van der Waals surface area contributed by atoms with Crippen LogP contribution in [-0.2, 0) is 0 Å². The molecule has 100 valence electrons. The number of aliphatic imine (C=N–C) groups is 1. The van der Waals surface area contributed by atoms with Crippen molar-refractivity contribution in [3.8, 4) is 0 Å². The summed E-state index contributed by atoms with van der Waals surface area (Å²) in [5, 5.41) is 0. The third-order valence-corrected chi connectivity index (χ3v) is 3.31. The second-order valence-corrected chi connectivity index (χ2v) is 4.85. The second kappa shape index (κ2) is 11.9. The summed E-state index contributed by atoms with van der Waals surface area (Å²) < 4.78 is 0. The highest BCUT2D eigenvalue weighted by molar-refractivity contribution is 5.61. The molecule has 0 N–H and O–H groups in total. The maximum absolute atomic E-state index is 4.53. The lowest BCUT2D eigenvalue weighted by atomic mass is 10.0. The molecule has 0 fully saturated rings. The van der Waals surface area contributed by atoms with E-state index in [9.17, 15) is 0 Å². The van der Waals surface area contributed by atoms with Gasteiger partial charge >= 0.3 is 0 Å². The molecule has 0 aliphatic rings. The summed E-state index contributed by atoms with van der Waals surface area (Å²) in [6, 6.07) is 0. The smallest absolute Gasteiger partial charge is 0.0255 e. The lowest BCUT2D eigenvalue weighted by molar-refractivity contribution is 0.576. The summed E-state index contributed by atoms with van der Waals surface area (Å²) >= 11 is 0. The Morgan fingerprint density at radius 1 is 1.06 bits per heavy atom. The lowest BCUT2D eigenvalue weighted by Crippen LogP contribution is -1.99. The summed E-state index contributed by atoms with van der Waals surface area (Å²) in [5.74, 6) is 0.676. The van der Waals surface area contributed by atoms with Crippen LogP contribution in [0.1, 0.15) is 79.1 Å². The van der Waals surface area contributed by atoms with Crippen molar-refractivity contribution >= 4 is 6.21 Å². The molecule has 0 saturated carbocycles. The van der Waals surface area contributed by atoms with Crippen LogP contribution in [0.5, 0.6) is 0 Å². The van der Waals surface area contributed by atoms with E-state index in [0.717, 1.165) is 6.42 Å². The van der Waals surface area contributed by atoms with Gasteiger partial charge in [-0.25, -0.2) is 0 Å². The van der Waals surface area contributed by atoms with Gasteiger partial charge < -0.3 is 0 Å². The van der Waals surface area contributed by atoms with E-state index in [1.165, 1.54) is 50.5 Å². The largest absolute Gasteiger partial charge is 0.269 e. The van der Waals surface area contributed by atoms with Crippen molar-refractivity contribution in [1.29, 1.82) is 0 Å². The van der Waals surface area contributed by atoms with Gasteiger partial charge in [0.15, 0.2) is 0 Å². The second-order valence-electron chi connectivity index (χ2n) is 4.85. The standard InChI is InChI=1S/C16H31N/c1-5-9-11-15(7-3)13-17-14-16(8-4)12-10-6-2/h13-15H,5-12H2,1-4H3/b16-14+,17-13?. The van der Waals surface area contributed by atoms with E-state index < -0.39 is 0 Å². The minimum Gasteiger partial charge on any atom is -0.269 e. The Balaban J connectivity index is 4.11. The van der Waals surface area contributed by atoms with Gasteiger partial charge in [0.1, 0.15) is 0 Å². The zero-order valence-electron chi connectivity index (χ0n) is 12.3. The summed E-state index contributed by atoms with van der Waals surface area (Å²) in [6.45, 7) is 8.98. The first kappa shape index (κ1) is 16.4. The molecule has 0 rings (SSSR count). The van der Waals surface area contributed by atoms with Crippen LogP contribution in [0.4, 0.5) is 0 Å². The summed E-state index contributed by atoms with van der Waals surface area (Å²) in [7, 11) is 0. The molecule has 1 nitrogen and oxygen atoms in total. The van der Waals surface area contributed by atoms with Crippen LogP contribution in [-0.4, -0.2) is 6.21 Å². The Morgan fingerprint density at radius 2 is 1.76 bits per heavy atom. The van der Waals surface area contributed by atoms with Crippen LogP contribution >= 0.6 is 0 Å². The fourth-order valence-electron chi connectivity index (χ4n) is 1.86. The molecular weight excluding hydrogens is 206 g/mol. The highest BCUT2D eigenvalue weighted by Crippen LogP contribution is 2.13. The predicted molar refractivity (Wildman–Crippen MR) is 79.7 cm³/mol. The maximum atomic E-state index is 4.53. The van der Waals surface area contributed by atoms with Crippen LogP contribution in [0.15, 0.2) is 16.8 Å². The van der Waals surface area contributed by atoms with E-state index >= 15 is 0 Å². The Hall–Kier alpha value is -0.590. The van der Waals surface area contributed by atoms with Gasteiger partial charge in [0.05, 0.1) is 0 Å². The number of nitrogens with zero attached hydrogens (tertiary/aromatic N) is 1. The minimum atomic E-state index is 0.676. The number of unbranched alkanes of at least 4 members (excludes halogenated alkanes) is 2. The number of rotatable bonds is 10. The number of hydrogen-bond acceptors (Lipinski definition) is 1. The zero-order chi connectivity index (χ0) is 12.9. The van der Waals surface area contributed by atoms with Gasteiger partial charge in [0.2, 0.25) is 0 Å². The normalized spacial score (nSPS) is 14.5. The molecule has 1 heteroatoms. The molecule has 0 amide bonds. The average Bonchev–Trinajstić information content (AvgIpc) is 2.37. The van der Waals surface area contributed by atoms with Crippen molar-refractivity contribution in [2.75, 3.05) is 0 Å². The maximum Gasteiger partial charge on any atom is 0.0255 e. The van der Waals surface area contributed by atoms with Gasteiger partial charge in [0.25, 0.3) is 0 Å². The molecule has 0 aromatic heterocycles. The first-order chi connectivity index (χ1) is 8.28. The molecule has 1 unspecified atom stereocenters. The Morgan fingerprint density at radius 3 is 2.29 bits per heavy atom. The molecule has 1 atom stereocenters. The van der Waals surface area contributed by atoms with Crippen LogP contribution in [0, 0.1) is 5.92 Å². The van der Waals surface area contributed by atoms with E-state index in [0.29, 0.717) is 5.92 Å². The molecule has 0 bridgehead atoms. The Bertz CT molecular complexity index is 216. The van der Waals surface area contributed by atoms with Gasteiger partial charge in [-0.3, -0.25) is 4.99 Å². The molecule has 0 aromatic carbocycles. The van der Waals surface area contributed by atoms with Crippen molar-refractivity contribution in [3.63, 3.8) is 0 Å². The molecule has 0 spiro atoms. The van der Waals surface area contributed by atoms with E-state index in [4.69, 9.17) is 0 Å². The van der Waals surface area contributed by atoms with Crippen molar-refractivity contribution in [2.24, 2.45) is 10.9 Å². The molecule has 0 radical (unpaired) electrons. The molecular formula is C16H31N. The lowest BCUT2D eigenvalue weighted by Gasteiger charge is -2.07. The van der Waals surface area contributed by atoms with E-state index in [1.54, 1.807) is 0 Å². The first-order valence-electron chi connectivity index (χ1n) is 7.49. The van der Waals surface area contributed by atoms with Gasteiger partial charge in [-0.15, -0.1) is 0 Å². The van der Waals surface area contributed by atoms with Crippen molar-refractivity contribution in [3.05, 3.63) is 11.8 Å². The van der Waals surface area contributed by atoms with Gasteiger partial charge in [-0.05, 0) is 38.0 Å². The number of allylic oxidation sites excluding steroid dienone is 1. The summed E-state index contributed by atoms with van der Waals surface area (Å²) in [5.41, 5.74) is 1.49. The fourth-order valence-corrected chi connectivity index (χ4v) is 1.86. The van der Waals surface area contributed by atoms with Crippen molar-refractivity contribution < 1.29 is 0 Å². The van der Waals surface area contributed by atoms with E-state index in [2.05, 4.69) is 45.1 Å². The molecule has 0 heterocycles. The zero-order valence-corrected chi connectivity index (χ0v) is 12.3. The monoisotopic (exact) mass is 237 g/mol. The SMILES string of the molecule is CCCC/C(=C/N=CC(CC)CCCC)CC. The topological polar surface area (TPSA) is 12.4 Å². The van der Waals surface area contributed by atoms with Gasteiger partial charge in [-0.1, -0.05) is 52.5 Å². The third kappa shape index (κ3) is 9.14. The van der Waals surface area contributed by atoms with Crippen LogP contribution < -0.4 is 0 Å². The van der Waals surface area contributed by atoms with Gasteiger partial charge in [-0.2, -0.15) is 0 Å². The van der Waals surface area contributed by atoms with E-state index in [-0.39, 0.29) is 0 Å². The molecule has 0 aliphatic carbocycles. The Labute approximate surface area is 108 Å². The average molecular weight is 237 g/mol. The van der Waals surface area contributed by atoms with Crippen molar-refractivity contribution in [1.82, 2.24) is 0 Å². The summed E-state index contributed by atoms with van der Waals surface area (Å²) in [4.78, 5) is 4.53. The van der Waals surface area contributed by atoms with Crippen molar-refractivity contribution in [2.45, 2.75) is 79.1 Å². The molecule has 17 heavy (non-hydrogen) atoms. The minimum absolute atomic E-state index is 0.676. The highest BCUT2D eigenvalue weighted by Gasteiger charge is 2.00. The Kier molecular flexibility index (Phi) is 11.5. The first-order valence-corrected chi connectivity index (χ1v) is 7.49. The third-order valence-electron chi connectivity index (χ3n) is 3.31. The number of hydrogen-bond donors (Lipinski definition) is 0. The molecule has 0 aliphatic heterocycles. The highest BCUT2D eigenvalue weighted by atomic mass is 14.7.